The lowest BCUT2D eigenvalue weighted by atomic mass is 9.93. The Hall–Kier alpha value is -4.54. The number of nitrogens with two attached hydrogens (primary N) is 1. The van der Waals surface area contributed by atoms with E-state index in [2.05, 4.69) is 37.1 Å². The van der Waals surface area contributed by atoms with Gasteiger partial charge >= 0.3 is 17.6 Å². The number of halogens is 3. The summed E-state index contributed by atoms with van der Waals surface area (Å²) < 4.78 is 34.5. The minimum atomic E-state index is -2.76. The summed E-state index contributed by atoms with van der Waals surface area (Å²) in [5.41, 5.74) is 9.93. The summed E-state index contributed by atoms with van der Waals surface area (Å²) in [7, 11) is -5.15. The van der Waals surface area contributed by atoms with E-state index in [4.69, 9.17) is 67.1 Å². The van der Waals surface area contributed by atoms with Gasteiger partial charge in [0.1, 0.15) is 23.3 Å². The quantitative estimate of drug-likeness (QED) is 0.0138. The van der Waals surface area contributed by atoms with Gasteiger partial charge in [-0.3, -0.25) is 9.59 Å². The predicted octanol–water partition coefficient (Wildman–Crippen LogP) is 13.1. The molecule has 420 valence electrons. The molecule has 4 aromatic carbocycles. The maximum Gasteiger partial charge on any atom is 0.500 e. The first-order chi connectivity index (χ1) is 36.3. The number of nitrogens with one attached hydrogen (secondary N) is 1. The summed E-state index contributed by atoms with van der Waals surface area (Å²) >= 11 is 15.0. The summed E-state index contributed by atoms with van der Waals surface area (Å²) in [6.07, 6.45) is 1.52. The van der Waals surface area contributed by atoms with Gasteiger partial charge in [0.2, 0.25) is 0 Å². The van der Waals surface area contributed by atoms with Crippen LogP contribution < -0.4 is 11.1 Å². The highest BCUT2D eigenvalue weighted by Gasteiger charge is 2.40. The molecular weight excluding hydrogens is 1060 g/mol. The molecule has 0 heterocycles. The number of alkyl halides is 2. The molecule has 3 N–H and O–H groups in total. The normalized spacial score (nSPS) is 10.4. The van der Waals surface area contributed by atoms with Crippen LogP contribution in [-0.2, 0) is 36.1 Å². The van der Waals surface area contributed by atoms with Crippen LogP contribution in [0.4, 0.5) is 0 Å². The standard InChI is InChI=1S/C25H32N2O4Si.C16H10ClNO.C9H23NO3Si.C6H15N.CH2Cl2.CH4/c1-4-29-32(30-5-2,31-6-3)19-13-18-27-25(28)23(20-26)24(21-14-9-7-10-15-21)22-16-11-8-12-17-22;17-16(19)14(11-18)15(12-7-3-1-4-8-12)13-9-5-2-6-10-13;1-4-11-14(12-5-2,13-6-3)9-7-8-10;1-4-7(5-2)6-3;2-1-3;/h7-12,14-17H,4-6,13,18-19H2,1-3H3,(H,27,28);1-10H;4-10H2,1-3H3;4-6H2,1-3H3;1H2;1H4. The van der Waals surface area contributed by atoms with Crippen molar-refractivity contribution in [1.82, 2.24) is 10.2 Å². The van der Waals surface area contributed by atoms with Crippen LogP contribution in [0.15, 0.2) is 132 Å². The van der Waals surface area contributed by atoms with Gasteiger partial charge in [-0.05, 0) is 114 Å². The fourth-order valence-electron chi connectivity index (χ4n) is 7.34. The molecule has 0 unspecified atom stereocenters. The van der Waals surface area contributed by atoms with E-state index in [1.54, 1.807) is 0 Å². The molecule has 4 aromatic rings. The fourth-order valence-corrected chi connectivity index (χ4v) is 12.7. The van der Waals surface area contributed by atoms with Crippen LogP contribution in [0.25, 0.3) is 11.1 Å². The Morgan fingerprint density at radius 1 is 0.526 bits per heavy atom. The third-order valence-corrected chi connectivity index (χ3v) is 17.0. The van der Waals surface area contributed by atoms with E-state index in [9.17, 15) is 20.1 Å². The Bertz CT molecular complexity index is 2130. The van der Waals surface area contributed by atoms with Gasteiger partial charge in [-0.1, -0.05) is 150 Å². The molecule has 0 aliphatic carbocycles. The van der Waals surface area contributed by atoms with Crippen LogP contribution in [0.5, 0.6) is 0 Å². The van der Waals surface area contributed by atoms with Gasteiger partial charge in [0.25, 0.3) is 11.1 Å². The SMILES string of the molecule is C.CCN(CC)CC.CCO[Si](CCCN)(OCC)OCC.CCO[Si](CCCNC(=O)C(C#N)=C(c1ccccc1)c1ccccc1)(OCC)OCC.ClCCl.N#CC(C(=O)Cl)=C(c1ccccc1)c1ccccc1. The van der Waals surface area contributed by atoms with Gasteiger partial charge in [0, 0.05) is 69.4 Å². The summed E-state index contributed by atoms with van der Waals surface area (Å²) in [4.78, 5) is 26.8. The molecule has 0 fully saturated rings. The molecule has 0 aliphatic rings. The minimum Gasteiger partial charge on any atom is -0.374 e. The number of nitrogens with zero attached hydrogens (tertiary/aromatic N) is 3. The van der Waals surface area contributed by atoms with Crippen molar-refractivity contribution >= 4 is 74.7 Å². The van der Waals surface area contributed by atoms with Crippen LogP contribution in [0.1, 0.15) is 105 Å². The van der Waals surface area contributed by atoms with E-state index in [-0.39, 0.29) is 23.9 Å². The van der Waals surface area contributed by atoms with Crippen molar-refractivity contribution in [3.8, 4) is 12.1 Å². The fraction of sp³-hybridized carbons (Fsp3) is 0.448. The number of hydrogen-bond donors (Lipinski definition) is 2. The number of benzene rings is 4. The molecule has 0 saturated heterocycles. The first kappa shape index (κ1) is 73.5. The Morgan fingerprint density at radius 2 is 0.803 bits per heavy atom. The average Bonchev–Trinajstić information content (AvgIpc) is 3.42. The number of amides is 1. The van der Waals surface area contributed by atoms with Crippen molar-refractivity contribution in [2.75, 3.05) is 77.7 Å². The van der Waals surface area contributed by atoms with E-state index in [0.717, 1.165) is 34.7 Å². The molecule has 18 heteroatoms. The lowest BCUT2D eigenvalue weighted by molar-refractivity contribution is -0.117. The molecule has 76 heavy (non-hydrogen) atoms. The summed E-state index contributed by atoms with van der Waals surface area (Å²) in [5, 5.41) is 21.4. The lowest BCUT2D eigenvalue weighted by Gasteiger charge is -2.28. The number of hydrogen-bond acceptors (Lipinski definition) is 12. The first-order valence-corrected chi connectivity index (χ1v) is 31.0. The molecule has 13 nitrogen and oxygen atoms in total. The van der Waals surface area contributed by atoms with Crippen LogP contribution in [0, 0.1) is 22.7 Å². The van der Waals surface area contributed by atoms with E-state index in [0.29, 0.717) is 76.3 Å². The zero-order valence-corrected chi connectivity index (χ0v) is 49.9. The third-order valence-electron chi connectivity index (χ3n) is 10.6. The van der Waals surface area contributed by atoms with Crippen LogP contribution >= 0.6 is 34.8 Å². The van der Waals surface area contributed by atoms with Crippen molar-refractivity contribution in [2.24, 2.45) is 5.73 Å². The third kappa shape index (κ3) is 28.7. The first-order valence-electron chi connectivity index (χ1n) is 25.7. The van der Waals surface area contributed by atoms with Gasteiger partial charge < -0.3 is 42.5 Å². The van der Waals surface area contributed by atoms with Gasteiger partial charge in [0.15, 0.2) is 0 Å². The van der Waals surface area contributed by atoms with Crippen LogP contribution in [0.3, 0.4) is 0 Å². The largest absolute Gasteiger partial charge is 0.500 e. The molecule has 1 amide bonds. The minimum absolute atomic E-state index is 0. The zero-order chi connectivity index (χ0) is 56.2. The van der Waals surface area contributed by atoms with Crippen molar-refractivity contribution in [3.05, 3.63) is 155 Å². The zero-order valence-electron chi connectivity index (χ0n) is 45.7. The van der Waals surface area contributed by atoms with Gasteiger partial charge in [0.05, 0.1) is 5.34 Å². The Kier molecular flexibility index (Phi) is 45.0. The maximum absolute atomic E-state index is 13.0. The number of carbonyl (C=O) groups excluding carboxylic acids is 2. The van der Waals surface area contributed by atoms with Crippen molar-refractivity contribution in [1.29, 1.82) is 10.5 Å². The topological polar surface area (TPSA) is 178 Å². The van der Waals surface area contributed by atoms with E-state index in [1.165, 1.54) is 19.6 Å². The van der Waals surface area contributed by atoms with Gasteiger partial charge in [-0.25, -0.2) is 0 Å². The second-order valence-electron chi connectivity index (χ2n) is 15.4. The second kappa shape index (κ2) is 46.5. The smallest absolute Gasteiger partial charge is 0.374 e. The number of allylic oxidation sites excluding steroid dienone is 1. The van der Waals surface area contributed by atoms with E-state index < -0.39 is 28.8 Å². The number of rotatable bonds is 28. The monoisotopic (exact) mass is 1140 g/mol. The van der Waals surface area contributed by atoms with Gasteiger partial charge in [-0.15, -0.1) is 23.2 Å². The van der Waals surface area contributed by atoms with Crippen molar-refractivity contribution in [3.63, 3.8) is 0 Å². The highest BCUT2D eigenvalue weighted by Crippen LogP contribution is 2.29. The van der Waals surface area contributed by atoms with Crippen LogP contribution in [0.2, 0.25) is 12.1 Å². The highest BCUT2D eigenvalue weighted by molar-refractivity contribution is 6.69. The summed E-state index contributed by atoms with van der Waals surface area (Å²) in [6.45, 7) is 26.2. The molecular formula is C58H86Cl3N5O8Si2. The predicted molar refractivity (Wildman–Crippen MR) is 319 cm³/mol. The maximum atomic E-state index is 13.0. The summed E-state index contributed by atoms with van der Waals surface area (Å²) in [5.74, 6) is -0.397. The molecule has 0 atom stereocenters. The van der Waals surface area contributed by atoms with Crippen molar-refractivity contribution in [2.45, 2.75) is 94.7 Å². The van der Waals surface area contributed by atoms with E-state index >= 15 is 0 Å². The summed E-state index contributed by atoms with van der Waals surface area (Å²) in [6, 6.07) is 43.0. The lowest BCUT2D eigenvalue weighted by Crippen LogP contribution is -2.46. The number of nitriles is 2. The Balaban J connectivity index is 0. The molecule has 0 bridgehead atoms. The van der Waals surface area contributed by atoms with E-state index in [1.807, 2.05) is 169 Å². The molecule has 4 rings (SSSR count). The Morgan fingerprint density at radius 3 is 1.03 bits per heavy atom. The number of carbonyl (C=O) groups is 2. The molecule has 0 spiro atoms. The van der Waals surface area contributed by atoms with Gasteiger partial charge in [-0.2, -0.15) is 10.5 Å². The molecule has 0 aliphatic heterocycles. The molecule has 0 aromatic heterocycles. The van der Waals surface area contributed by atoms with Crippen LogP contribution in [-0.4, -0.2) is 111 Å². The molecule has 0 radical (unpaired) electrons. The highest BCUT2D eigenvalue weighted by atomic mass is 35.5. The molecule has 0 saturated carbocycles. The second-order valence-corrected chi connectivity index (χ2v) is 22.0. The average molecular weight is 1140 g/mol. The Labute approximate surface area is 474 Å². The van der Waals surface area contributed by atoms with Crippen molar-refractivity contribution < 1.29 is 36.1 Å².